The molecule has 1 amide bonds. The van der Waals surface area contributed by atoms with Crippen molar-refractivity contribution in [3.8, 4) is 0 Å². The molecule has 0 bridgehead atoms. The maximum atomic E-state index is 12.0. The molecule has 0 saturated carbocycles. The molecule has 0 spiro atoms. The summed E-state index contributed by atoms with van der Waals surface area (Å²) in [5, 5.41) is 15.3. The maximum absolute atomic E-state index is 12.0. The van der Waals surface area contributed by atoms with E-state index < -0.39 is 0 Å². The molecule has 1 aromatic carbocycles. The molecule has 2 heterocycles. The Morgan fingerprint density at radius 1 is 1.26 bits per heavy atom. The maximum Gasteiger partial charge on any atom is 0.233 e. The lowest BCUT2D eigenvalue weighted by molar-refractivity contribution is -0.120. The number of nitrogens with one attached hydrogen (secondary N) is 2. The summed E-state index contributed by atoms with van der Waals surface area (Å²) in [5.74, 6) is 0.117. The largest absolute Gasteiger partial charge is 0.355 e. The zero-order valence-electron chi connectivity index (χ0n) is 13.3. The van der Waals surface area contributed by atoms with Crippen LogP contribution in [0.5, 0.6) is 0 Å². The van der Waals surface area contributed by atoms with Gasteiger partial charge in [-0.2, -0.15) is 0 Å². The standard InChI is InChI=1S/C16H20N4OS2/c1-10-6-7-12(9-11(10)2)18-15-19-20-16(23-15)22-13-5-3-4-8-17-14(13)21/h6-7,9,13H,3-5,8H2,1-2H3,(H,17,21)(H,18,19)/t13-/m0/s1. The third-order valence-corrected chi connectivity index (χ3v) is 6.08. The molecule has 0 aliphatic carbocycles. The second-order valence-electron chi connectivity index (χ2n) is 5.69. The van der Waals surface area contributed by atoms with Gasteiger partial charge in [0.15, 0.2) is 4.34 Å². The topological polar surface area (TPSA) is 66.9 Å². The molecule has 7 heteroatoms. The lowest BCUT2D eigenvalue weighted by Crippen LogP contribution is -2.30. The van der Waals surface area contributed by atoms with Crippen molar-refractivity contribution in [3.63, 3.8) is 0 Å². The molecule has 1 atom stereocenters. The van der Waals surface area contributed by atoms with Crippen LogP contribution in [0.1, 0.15) is 30.4 Å². The Labute approximate surface area is 144 Å². The van der Waals surface area contributed by atoms with Crippen molar-refractivity contribution in [1.82, 2.24) is 15.5 Å². The van der Waals surface area contributed by atoms with Crippen LogP contribution < -0.4 is 10.6 Å². The number of anilines is 2. The van der Waals surface area contributed by atoms with Crippen LogP contribution in [-0.4, -0.2) is 27.9 Å². The number of carbonyl (C=O) groups is 1. The van der Waals surface area contributed by atoms with E-state index in [9.17, 15) is 4.79 Å². The molecule has 3 rings (SSSR count). The molecule has 1 saturated heterocycles. The fourth-order valence-electron chi connectivity index (χ4n) is 2.40. The molecule has 1 aliphatic rings. The van der Waals surface area contributed by atoms with Gasteiger partial charge in [-0.25, -0.2) is 0 Å². The predicted octanol–water partition coefficient (Wildman–Crippen LogP) is 3.66. The van der Waals surface area contributed by atoms with Crippen LogP contribution in [0.4, 0.5) is 10.8 Å². The Morgan fingerprint density at radius 3 is 2.96 bits per heavy atom. The number of carbonyl (C=O) groups excluding carboxylic acids is 1. The molecule has 5 nitrogen and oxygen atoms in total. The molecule has 23 heavy (non-hydrogen) atoms. The van der Waals surface area contributed by atoms with Crippen LogP contribution in [-0.2, 0) is 4.79 Å². The number of aryl methyl sites for hydroxylation is 2. The average molecular weight is 348 g/mol. The predicted molar refractivity (Wildman–Crippen MR) is 95.6 cm³/mol. The van der Waals surface area contributed by atoms with Gasteiger partial charge in [0, 0.05) is 12.2 Å². The SMILES string of the molecule is Cc1ccc(Nc2nnc(S[C@H]3CCCCNC3=O)s2)cc1C. The fraction of sp³-hybridized carbons (Fsp3) is 0.438. The Bertz CT molecular complexity index is 701. The highest BCUT2D eigenvalue weighted by Crippen LogP contribution is 2.33. The van der Waals surface area contributed by atoms with E-state index in [0.717, 1.165) is 41.0 Å². The molecule has 2 N–H and O–H groups in total. The molecule has 122 valence electrons. The van der Waals surface area contributed by atoms with Crippen molar-refractivity contribution < 1.29 is 4.79 Å². The number of rotatable bonds is 4. The van der Waals surface area contributed by atoms with Gasteiger partial charge in [0.25, 0.3) is 0 Å². The van der Waals surface area contributed by atoms with E-state index >= 15 is 0 Å². The summed E-state index contributed by atoms with van der Waals surface area (Å²) < 4.78 is 0.832. The van der Waals surface area contributed by atoms with Gasteiger partial charge in [-0.15, -0.1) is 10.2 Å². The summed E-state index contributed by atoms with van der Waals surface area (Å²) in [4.78, 5) is 12.0. The Kier molecular flexibility index (Phi) is 5.17. The summed E-state index contributed by atoms with van der Waals surface area (Å²) in [6, 6.07) is 6.22. The van der Waals surface area contributed by atoms with E-state index in [0.29, 0.717) is 0 Å². The number of nitrogens with zero attached hydrogens (tertiary/aromatic N) is 2. The van der Waals surface area contributed by atoms with Gasteiger partial charge in [-0.3, -0.25) is 4.79 Å². The summed E-state index contributed by atoms with van der Waals surface area (Å²) in [6.07, 6.45) is 3.03. The molecule has 1 fully saturated rings. The summed E-state index contributed by atoms with van der Waals surface area (Å²) >= 11 is 3.01. The van der Waals surface area contributed by atoms with Crippen LogP contribution in [0.3, 0.4) is 0 Å². The first-order valence-electron chi connectivity index (χ1n) is 7.74. The summed E-state index contributed by atoms with van der Waals surface area (Å²) in [5.41, 5.74) is 3.51. The van der Waals surface area contributed by atoms with Crippen LogP contribution in [0.15, 0.2) is 22.5 Å². The Morgan fingerprint density at radius 2 is 2.13 bits per heavy atom. The molecule has 2 aromatic rings. The minimum atomic E-state index is -0.0556. The molecular formula is C16H20N4OS2. The van der Waals surface area contributed by atoms with E-state index in [2.05, 4.69) is 46.8 Å². The number of thioether (sulfide) groups is 1. The molecule has 0 unspecified atom stereocenters. The Hall–Kier alpha value is -1.60. The number of amides is 1. The van der Waals surface area contributed by atoms with E-state index in [4.69, 9.17) is 0 Å². The van der Waals surface area contributed by atoms with E-state index in [-0.39, 0.29) is 11.2 Å². The van der Waals surface area contributed by atoms with Gasteiger partial charge < -0.3 is 10.6 Å². The summed E-state index contributed by atoms with van der Waals surface area (Å²) in [7, 11) is 0. The average Bonchev–Trinajstić information content (AvgIpc) is 2.86. The van der Waals surface area contributed by atoms with Crippen molar-refractivity contribution in [2.45, 2.75) is 42.7 Å². The van der Waals surface area contributed by atoms with Crippen molar-refractivity contribution in [2.75, 3.05) is 11.9 Å². The molecule has 1 aliphatic heterocycles. The highest BCUT2D eigenvalue weighted by atomic mass is 32.2. The zero-order valence-corrected chi connectivity index (χ0v) is 14.9. The van der Waals surface area contributed by atoms with E-state index in [1.165, 1.54) is 34.2 Å². The first-order chi connectivity index (χ1) is 11.1. The number of benzene rings is 1. The van der Waals surface area contributed by atoms with Gasteiger partial charge in [0.1, 0.15) is 0 Å². The van der Waals surface area contributed by atoms with Crippen LogP contribution in [0, 0.1) is 13.8 Å². The Balaban J connectivity index is 1.65. The van der Waals surface area contributed by atoms with Gasteiger partial charge in [0.2, 0.25) is 11.0 Å². The number of hydrogen-bond donors (Lipinski definition) is 2. The zero-order chi connectivity index (χ0) is 16.2. The molecule has 0 radical (unpaired) electrons. The number of hydrogen-bond acceptors (Lipinski definition) is 6. The monoisotopic (exact) mass is 348 g/mol. The van der Waals surface area contributed by atoms with Crippen LogP contribution >= 0.6 is 23.1 Å². The van der Waals surface area contributed by atoms with Crippen molar-refractivity contribution in [3.05, 3.63) is 29.3 Å². The first kappa shape index (κ1) is 16.3. The lowest BCUT2D eigenvalue weighted by Gasteiger charge is -2.09. The normalized spacial score (nSPS) is 18.3. The van der Waals surface area contributed by atoms with Crippen molar-refractivity contribution in [1.29, 1.82) is 0 Å². The van der Waals surface area contributed by atoms with Gasteiger partial charge in [0.05, 0.1) is 5.25 Å². The summed E-state index contributed by atoms with van der Waals surface area (Å²) in [6.45, 7) is 4.97. The minimum absolute atomic E-state index is 0.0556. The van der Waals surface area contributed by atoms with Gasteiger partial charge in [-0.05, 0) is 49.9 Å². The highest BCUT2D eigenvalue weighted by molar-refractivity contribution is 8.02. The van der Waals surface area contributed by atoms with Crippen LogP contribution in [0.2, 0.25) is 0 Å². The first-order valence-corrected chi connectivity index (χ1v) is 9.43. The third-order valence-electron chi connectivity index (χ3n) is 3.89. The van der Waals surface area contributed by atoms with E-state index in [1.54, 1.807) is 0 Å². The highest BCUT2D eigenvalue weighted by Gasteiger charge is 2.23. The lowest BCUT2D eigenvalue weighted by atomic mass is 10.1. The van der Waals surface area contributed by atoms with Crippen molar-refractivity contribution in [2.24, 2.45) is 0 Å². The third kappa shape index (κ3) is 4.23. The molecule has 1 aromatic heterocycles. The quantitative estimate of drug-likeness (QED) is 0.883. The van der Waals surface area contributed by atoms with Crippen LogP contribution in [0.25, 0.3) is 0 Å². The van der Waals surface area contributed by atoms with Crippen molar-refractivity contribution >= 4 is 39.8 Å². The number of aromatic nitrogens is 2. The fourth-order valence-corrected chi connectivity index (χ4v) is 4.48. The second kappa shape index (κ2) is 7.31. The smallest absolute Gasteiger partial charge is 0.233 e. The van der Waals surface area contributed by atoms with Gasteiger partial charge >= 0.3 is 0 Å². The van der Waals surface area contributed by atoms with E-state index in [1.807, 2.05) is 6.07 Å². The molecular weight excluding hydrogens is 328 g/mol. The second-order valence-corrected chi connectivity index (χ2v) is 8.12. The van der Waals surface area contributed by atoms with Gasteiger partial charge in [-0.1, -0.05) is 35.6 Å². The minimum Gasteiger partial charge on any atom is -0.355 e.